The molecule has 1 aromatic carbocycles. The second-order valence-corrected chi connectivity index (χ2v) is 12.4. The van der Waals surface area contributed by atoms with E-state index in [0.29, 0.717) is 17.5 Å². The SMILES string of the molecule is NC(CNC(=O)Cc1ccc(CNC(=O)NCCCC[C@H](NC(=O)N[C@@H](CCC(=O)O)C(=O)O)C(=O)O)cc1)C(=O)N[C@@H](CC(=O)O)C(=O)NC(CS)C(=O)O. The number of carbonyl (C=O) groups is 10. The molecule has 0 fully saturated rings. The zero-order valence-electron chi connectivity index (χ0n) is 29.8. The van der Waals surface area contributed by atoms with Gasteiger partial charge in [-0.1, -0.05) is 24.3 Å². The number of urea groups is 2. The van der Waals surface area contributed by atoms with Gasteiger partial charge in [0.05, 0.1) is 12.8 Å². The van der Waals surface area contributed by atoms with Gasteiger partial charge >= 0.3 is 41.9 Å². The van der Waals surface area contributed by atoms with Crippen molar-refractivity contribution >= 4 is 72.3 Å². The number of thiol groups is 1. The molecule has 7 amide bonds. The predicted molar refractivity (Wildman–Crippen MR) is 194 cm³/mol. The highest BCUT2D eigenvalue weighted by Crippen LogP contribution is 2.06. The van der Waals surface area contributed by atoms with Gasteiger partial charge in [-0.25, -0.2) is 24.0 Å². The van der Waals surface area contributed by atoms with Gasteiger partial charge in [-0.2, -0.15) is 12.6 Å². The van der Waals surface area contributed by atoms with Crippen LogP contribution in [-0.2, 0) is 51.3 Å². The number of unbranched alkanes of at least 4 members (excludes halogenated alkanes) is 1. The zero-order chi connectivity index (χ0) is 42.4. The number of aliphatic carboxylic acids is 5. The van der Waals surface area contributed by atoms with Crippen molar-refractivity contribution in [2.24, 2.45) is 5.73 Å². The molecule has 0 saturated heterocycles. The largest absolute Gasteiger partial charge is 0.481 e. The fraction of sp³-hybridized carbons (Fsp3) is 0.500. The number of carbonyl (C=O) groups excluding carboxylic acids is 5. The number of hydrogen-bond acceptors (Lipinski definition) is 12. The molecule has 56 heavy (non-hydrogen) atoms. The lowest BCUT2D eigenvalue weighted by Crippen LogP contribution is -2.57. The van der Waals surface area contributed by atoms with Gasteiger partial charge in [0.1, 0.15) is 30.2 Å². The van der Waals surface area contributed by atoms with Crippen LogP contribution in [0.2, 0.25) is 0 Å². The molecule has 0 heterocycles. The van der Waals surface area contributed by atoms with E-state index in [9.17, 15) is 53.1 Å². The zero-order valence-corrected chi connectivity index (χ0v) is 30.7. The standard InChI is InChI=1S/C32H46N8O15S/c33-18(26(46)37-21(12-25(44)45)27(47)38-22(15-56)30(52)53)14-35-23(41)11-16-4-6-17(7-5-16)13-36-31(54)34-10-2-1-3-19(28(48)49)39-32(55)40-20(29(50)51)8-9-24(42)43/h4-7,18-22,56H,1-3,8-15,33H2,(H,35,41)(H,37,46)(H,38,47)(H,42,43)(H,44,45)(H,48,49)(H,50,51)(H,52,53)(H2,34,36,54)(H2,39,40,55)/t18?,19-,20-,21-,22?/m0/s1. The Morgan fingerprint density at radius 1 is 0.607 bits per heavy atom. The van der Waals surface area contributed by atoms with Gasteiger partial charge in [0.2, 0.25) is 17.7 Å². The number of benzene rings is 1. The smallest absolute Gasteiger partial charge is 0.327 e. The Labute approximate surface area is 324 Å². The topological polar surface area (TPSA) is 382 Å². The molecule has 0 saturated carbocycles. The number of carboxylic acid groups (broad SMARTS) is 5. The van der Waals surface area contributed by atoms with Gasteiger partial charge in [-0.05, 0) is 36.8 Å². The van der Waals surface area contributed by atoms with Crippen LogP contribution in [0.5, 0.6) is 0 Å². The van der Waals surface area contributed by atoms with Crippen LogP contribution >= 0.6 is 12.6 Å². The quantitative estimate of drug-likeness (QED) is 0.0331. The maximum atomic E-state index is 12.5. The first kappa shape index (κ1) is 47.9. The van der Waals surface area contributed by atoms with Crippen LogP contribution in [0.1, 0.15) is 49.7 Å². The Kier molecular flexibility index (Phi) is 21.4. The Bertz CT molecular complexity index is 1580. The minimum absolute atomic E-state index is 0.0460. The van der Waals surface area contributed by atoms with Crippen LogP contribution in [0.15, 0.2) is 24.3 Å². The van der Waals surface area contributed by atoms with Gasteiger partial charge < -0.3 is 68.5 Å². The Morgan fingerprint density at radius 3 is 1.70 bits per heavy atom. The minimum Gasteiger partial charge on any atom is -0.481 e. The average Bonchev–Trinajstić information content (AvgIpc) is 3.12. The summed E-state index contributed by atoms with van der Waals surface area (Å²) < 4.78 is 0. The summed E-state index contributed by atoms with van der Waals surface area (Å²) in [4.78, 5) is 117. The fourth-order valence-electron chi connectivity index (χ4n) is 4.52. The maximum Gasteiger partial charge on any atom is 0.327 e. The molecule has 14 N–H and O–H groups in total. The van der Waals surface area contributed by atoms with Crippen molar-refractivity contribution < 1.29 is 73.5 Å². The number of nitrogens with one attached hydrogen (secondary N) is 7. The molecule has 0 aliphatic carbocycles. The number of rotatable bonds is 26. The monoisotopic (exact) mass is 814 g/mol. The molecule has 5 atom stereocenters. The normalized spacial score (nSPS) is 13.2. The molecule has 0 spiro atoms. The van der Waals surface area contributed by atoms with E-state index in [-0.39, 0.29) is 44.6 Å². The first-order chi connectivity index (χ1) is 26.3. The molecule has 0 aliphatic heterocycles. The van der Waals surface area contributed by atoms with Crippen LogP contribution in [0.25, 0.3) is 0 Å². The lowest BCUT2D eigenvalue weighted by Gasteiger charge is -2.21. The summed E-state index contributed by atoms with van der Waals surface area (Å²) in [5.41, 5.74) is 7.03. The molecule has 1 aromatic rings. The van der Waals surface area contributed by atoms with E-state index >= 15 is 0 Å². The van der Waals surface area contributed by atoms with E-state index in [2.05, 4.69) is 44.5 Å². The summed E-state index contributed by atoms with van der Waals surface area (Å²) in [6.07, 6.45) is -1.37. The first-order valence-electron chi connectivity index (χ1n) is 16.8. The van der Waals surface area contributed by atoms with Crippen LogP contribution < -0.4 is 43.0 Å². The molecular formula is C32H46N8O15S. The highest BCUT2D eigenvalue weighted by Gasteiger charge is 2.29. The van der Waals surface area contributed by atoms with Crippen LogP contribution in [0.4, 0.5) is 9.59 Å². The Hall–Kier alpha value is -6.17. The lowest BCUT2D eigenvalue weighted by molar-refractivity contribution is -0.143. The van der Waals surface area contributed by atoms with Gasteiger partial charge in [-0.3, -0.25) is 24.0 Å². The summed E-state index contributed by atoms with van der Waals surface area (Å²) in [6, 6.07) is -2.45. The van der Waals surface area contributed by atoms with Crippen molar-refractivity contribution in [3.8, 4) is 0 Å². The van der Waals surface area contributed by atoms with E-state index < -0.39 is 109 Å². The highest BCUT2D eigenvalue weighted by molar-refractivity contribution is 7.80. The van der Waals surface area contributed by atoms with Gasteiger partial charge in [-0.15, -0.1) is 0 Å². The molecule has 2 unspecified atom stereocenters. The van der Waals surface area contributed by atoms with E-state index in [1.165, 1.54) is 0 Å². The first-order valence-corrected chi connectivity index (χ1v) is 17.5. The van der Waals surface area contributed by atoms with E-state index in [1.54, 1.807) is 24.3 Å². The summed E-state index contributed by atoms with van der Waals surface area (Å²) in [5, 5.41) is 61.4. The maximum absolute atomic E-state index is 12.5. The average molecular weight is 815 g/mol. The van der Waals surface area contributed by atoms with Crippen molar-refractivity contribution in [2.45, 2.75) is 81.7 Å². The molecule has 24 heteroatoms. The van der Waals surface area contributed by atoms with Crippen molar-refractivity contribution in [1.29, 1.82) is 0 Å². The van der Waals surface area contributed by atoms with Crippen molar-refractivity contribution in [3.63, 3.8) is 0 Å². The number of nitrogens with two attached hydrogens (primary N) is 1. The second-order valence-electron chi connectivity index (χ2n) is 12.1. The third kappa shape index (κ3) is 19.8. The van der Waals surface area contributed by atoms with Crippen LogP contribution in [0.3, 0.4) is 0 Å². The van der Waals surface area contributed by atoms with Gasteiger partial charge in [0.15, 0.2) is 0 Å². The predicted octanol–water partition coefficient (Wildman–Crippen LogP) is -2.83. The van der Waals surface area contributed by atoms with E-state index in [1.807, 2.05) is 5.32 Å². The number of hydrogen-bond donors (Lipinski definition) is 14. The third-order valence-electron chi connectivity index (χ3n) is 7.56. The molecule has 1 rings (SSSR count). The van der Waals surface area contributed by atoms with Crippen molar-refractivity contribution in [3.05, 3.63) is 35.4 Å². The van der Waals surface area contributed by atoms with Crippen molar-refractivity contribution in [1.82, 2.24) is 37.2 Å². The van der Waals surface area contributed by atoms with Crippen LogP contribution in [0, 0.1) is 0 Å². The highest BCUT2D eigenvalue weighted by atomic mass is 32.1. The minimum atomic E-state index is -1.65. The summed E-state index contributed by atoms with van der Waals surface area (Å²) in [7, 11) is 0. The molecule has 23 nitrogen and oxygen atoms in total. The lowest BCUT2D eigenvalue weighted by atomic mass is 10.1. The van der Waals surface area contributed by atoms with E-state index in [4.69, 9.17) is 26.2 Å². The fourth-order valence-corrected chi connectivity index (χ4v) is 4.77. The van der Waals surface area contributed by atoms with Crippen LogP contribution in [-0.4, -0.2) is 134 Å². The molecule has 0 aliphatic rings. The van der Waals surface area contributed by atoms with Crippen molar-refractivity contribution in [2.75, 3.05) is 18.8 Å². The molecule has 0 bridgehead atoms. The Balaban J connectivity index is 2.45. The van der Waals surface area contributed by atoms with E-state index in [0.717, 1.165) is 0 Å². The van der Waals surface area contributed by atoms with Gasteiger partial charge in [0, 0.05) is 31.8 Å². The molecule has 0 aromatic heterocycles. The summed E-state index contributed by atoms with van der Waals surface area (Å²) in [6.45, 7) is -0.112. The molecular weight excluding hydrogens is 768 g/mol. The number of carboxylic acids is 5. The Morgan fingerprint density at radius 2 is 1.16 bits per heavy atom. The third-order valence-corrected chi connectivity index (χ3v) is 7.93. The number of amides is 7. The summed E-state index contributed by atoms with van der Waals surface area (Å²) in [5.74, 6) is -9.87. The second kappa shape index (κ2) is 25.0. The molecule has 310 valence electrons. The molecule has 0 radical (unpaired) electrons. The van der Waals surface area contributed by atoms with Gasteiger partial charge in [0.25, 0.3) is 0 Å². The summed E-state index contributed by atoms with van der Waals surface area (Å²) >= 11 is 3.80.